The summed E-state index contributed by atoms with van der Waals surface area (Å²) in [6.07, 6.45) is 2.89. The number of ether oxygens (including phenoxy) is 1. The normalized spacial score (nSPS) is 12.4. The van der Waals surface area contributed by atoms with Gasteiger partial charge < -0.3 is 10.1 Å². The van der Waals surface area contributed by atoms with Crippen LogP contribution in [-0.2, 0) is 0 Å². The number of hydrogen-bond donors (Lipinski definition) is 1. The quantitative estimate of drug-likeness (QED) is 0.908. The number of pyridine rings is 1. The molecule has 2 rings (SSSR count). The number of halogens is 1. The van der Waals surface area contributed by atoms with Crippen molar-refractivity contribution < 1.29 is 9.13 Å². The minimum Gasteiger partial charge on any atom is -0.491 e. The lowest BCUT2D eigenvalue weighted by Crippen LogP contribution is -2.20. The van der Waals surface area contributed by atoms with E-state index in [2.05, 4.69) is 10.3 Å². The van der Waals surface area contributed by atoms with Gasteiger partial charge in [-0.1, -0.05) is 18.2 Å². The van der Waals surface area contributed by atoms with Gasteiger partial charge in [0.15, 0.2) is 0 Å². The van der Waals surface area contributed by atoms with E-state index in [-0.39, 0.29) is 18.0 Å². The van der Waals surface area contributed by atoms with E-state index in [4.69, 9.17) is 4.74 Å². The highest BCUT2D eigenvalue weighted by molar-refractivity contribution is 5.41. The lowest BCUT2D eigenvalue weighted by Gasteiger charge is -2.22. The van der Waals surface area contributed by atoms with Crippen LogP contribution in [0.5, 0.6) is 5.75 Å². The van der Waals surface area contributed by atoms with Crippen LogP contribution in [0.4, 0.5) is 4.39 Å². The van der Waals surface area contributed by atoms with E-state index in [1.54, 1.807) is 19.3 Å². The first-order valence-electron chi connectivity index (χ1n) is 6.65. The number of para-hydroxylation sites is 1. The summed E-state index contributed by atoms with van der Waals surface area (Å²) in [6.45, 7) is 3.94. The summed E-state index contributed by atoms with van der Waals surface area (Å²) >= 11 is 0. The molecule has 0 saturated carbocycles. The Morgan fingerprint density at radius 2 is 1.90 bits per heavy atom. The maximum absolute atomic E-state index is 14.0. The van der Waals surface area contributed by atoms with Crippen molar-refractivity contribution in [2.24, 2.45) is 0 Å². The molecule has 4 heteroatoms. The van der Waals surface area contributed by atoms with Crippen molar-refractivity contribution in [3.8, 4) is 5.75 Å². The first-order valence-corrected chi connectivity index (χ1v) is 6.65. The van der Waals surface area contributed by atoms with Crippen molar-refractivity contribution in [3.63, 3.8) is 0 Å². The molecule has 0 spiro atoms. The summed E-state index contributed by atoms with van der Waals surface area (Å²) < 4.78 is 19.8. The third-order valence-electron chi connectivity index (χ3n) is 3.00. The lowest BCUT2D eigenvalue weighted by molar-refractivity contribution is 0.238. The Kier molecular flexibility index (Phi) is 4.69. The van der Waals surface area contributed by atoms with Crippen molar-refractivity contribution in [1.29, 1.82) is 0 Å². The fourth-order valence-corrected chi connectivity index (χ4v) is 2.18. The predicted octanol–water partition coefficient (Wildman–Crippen LogP) is 3.32. The molecular weight excluding hydrogens is 255 g/mol. The van der Waals surface area contributed by atoms with Crippen LogP contribution in [0.25, 0.3) is 0 Å². The van der Waals surface area contributed by atoms with Crippen LogP contribution in [-0.4, -0.2) is 18.1 Å². The lowest BCUT2D eigenvalue weighted by atomic mass is 9.98. The average Bonchev–Trinajstić information content (AvgIpc) is 2.43. The Hall–Kier alpha value is -1.94. The van der Waals surface area contributed by atoms with Gasteiger partial charge in [0, 0.05) is 17.3 Å². The van der Waals surface area contributed by atoms with Crippen LogP contribution in [0.1, 0.15) is 31.0 Å². The Labute approximate surface area is 118 Å². The van der Waals surface area contributed by atoms with Crippen LogP contribution in [0, 0.1) is 5.82 Å². The molecular formula is C16H19FN2O. The molecule has 0 aliphatic rings. The van der Waals surface area contributed by atoms with Crippen molar-refractivity contribution in [3.05, 3.63) is 59.7 Å². The van der Waals surface area contributed by atoms with Gasteiger partial charge in [0.05, 0.1) is 18.3 Å². The zero-order valence-electron chi connectivity index (χ0n) is 11.9. The van der Waals surface area contributed by atoms with E-state index in [9.17, 15) is 4.39 Å². The fraction of sp³-hybridized carbons (Fsp3) is 0.312. The third-order valence-corrected chi connectivity index (χ3v) is 3.00. The molecule has 0 amide bonds. The van der Waals surface area contributed by atoms with Crippen molar-refractivity contribution in [2.75, 3.05) is 7.05 Å². The maximum Gasteiger partial charge on any atom is 0.146 e. The molecule has 1 unspecified atom stereocenters. The standard InChI is InChI=1S/C16H19FN2O/c1-11(2)20-15-7-5-4-6-13(15)16(18-3)12-8-9-19-10-14(12)17/h4-11,16,18H,1-3H3. The van der Waals surface area contributed by atoms with E-state index in [0.29, 0.717) is 5.56 Å². The smallest absolute Gasteiger partial charge is 0.146 e. The average molecular weight is 274 g/mol. The summed E-state index contributed by atoms with van der Waals surface area (Å²) in [5, 5.41) is 3.14. The Morgan fingerprint density at radius 3 is 2.55 bits per heavy atom. The molecule has 1 heterocycles. The highest BCUT2D eigenvalue weighted by Crippen LogP contribution is 2.31. The minimum atomic E-state index is -0.328. The van der Waals surface area contributed by atoms with Crippen LogP contribution in [0.15, 0.2) is 42.7 Å². The van der Waals surface area contributed by atoms with Gasteiger partial charge in [-0.15, -0.1) is 0 Å². The highest BCUT2D eigenvalue weighted by Gasteiger charge is 2.20. The molecule has 0 fully saturated rings. The molecule has 0 aliphatic carbocycles. The first kappa shape index (κ1) is 14.5. The van der Waals surface area contributed by atoms with E-state index >= 15 is 0 Å². The summed E-state index contributed by atoms with van der Waals surface area (Å²) in [5.74, 6) is 0.435. The van der Waals surface area contributed by atoms with Gasteiger partial charge in [0.25, 0.3) is 0 Å². The SMILES string of the molecule is CNC(c1ccncc1F)c1ccccc1OC(C)C. The minimum absolute atomic E-state index is 0.0657. The van der Waals surface area contributed by atoms with Crippen LogP contribution >= 0.6 is 0 Å². The molecule has 3 nitrogen and oxygen atoms in total. The number of nitrogens with zero attached hydrogens (tertiary/aromatic N) is 1. The van der Waals surface area contributed by atoms with Crippen LogP contribution in [0.3, 0.4) is 0 Å². The molecule has 2 aromatic rings. The number of aromatic nitrogens is 1. The Bertz CT molecular complexity index is 572. The summed E-state index contributed by atoms with van der Waals surface area (Å²) in [6, 6.07) is 9.09. The molecule has 1 aromatic carbocycles. The first-order chi connectivity index (χ1) is 9.63. The monoisotopic (exact) mass is 274 g/mol. The largest absolute Gasteiger partial charge is 0.491 e. The Morgan fingerprint density at radius 1 is 1.15 bits per heavy atom. The van der Waals surface area contributed by atoms with Gasteiger partial charge in [-0.05, 0) is 33.0 Å². The summed E-state index contributed by atoms with van der Waals surface area (Å²) in [7, 11) is 1.80. The molecule has 1 atom stereocenters. The predicted molar refractivity (Wildman–Crippen MR) is 77.3 cm³/mol. The van der Waals surface area contributed by atoms with E-state index < -0.39 is 0 Å². The molecule has 0 saturated heterocycles. The second-order valence-corrected chi connectivity index (χ2v) is 4.82. The topological polar surface area (TPSA) is 34.2 Å². The van der Waals surface area contributed by atoms with Gasteiger partial charge in [-0.2, -0.15) is 0 Å². The molecule has 106 valence electrons. The molecule has 0 aliphatic heterocycles. The van der Waals surface area contributed by atoms with Gasteiger partial charge >= 0.3 is 0 Å². The molecule has 0 bridgehead atoms. The second-order valence-electron chi connectivity index (χ2n) is 4.82. The number of nitrogens with one attached hydrogen (secondary N) is 1. The highest BCUT2D eigenvalue weighted by atomic mass is 19.1. The number of rotatable bonds is 5. The maximum atomic E-state index is 14.0. The van der Waals surface area contributed by atoms with Gasteiger partial charge in [-0.3, -0.25) is 4.98 Å². The van der Waals surface area contributed by atoms with Crippen LogP contribution < -0.4 is 10.1 Å². The zero-order valence-corrected chi connectivity index (χ0v) is 11.9. The summed E-state index contributed by atoms with van der Waals surface area (Å²) in [4.78, 5) is 3.79. The molecule has 1 N–H and O–H groups in total. The second kappa shape index (κ2) is 6.48. The third kappa shape index (κ3) is 3.14. The number of benzene rings is 1. The van der Waals surface area contributed by atoms with E-state index in [1.807, 2.05) is 38.1 Å². The van der Waals surface area contributed by atoms with Gasteiger partial charge in [-0.25, -0.2) is 4.39 Å². The molecule has 20 heavy (non-hydrogen) atoms. The van der Waals surface area contributed by atoms with Crippen molar-refractivity contribution in [1.82, 2.24) is 10.3 Å². The summed E-state index contributed by atoms with van der Waals surface area (Å²) in [5.41, 5.74) is 1.47. The van der Waals surface area contributed by atoms with E-state index in [1.165, 1.54) is 6.20 Å². The van der Waals surface area contributed by atoms with Gasteiger partial charge in [0.2, 0.25) is 0 Å². The van der Waals surface area contributed by atoms with E-state index in [0.717, 1.165) is 11.3 Å². The molecule has 0 radical (unpaired) electrons. The Balaban J connectivity index is 2.45. The number of hydrogen-bond acceptors (Lipinski definition) is 3. The molecule has 1 aromatic heterocycles. The van der Waals surface area contributed by atoms with Crippen LogP contribution in [0.2, 0.25) is 0 Å². The van der Waals surface area contributed by atoms with Crippen molar-refractivity contribution in [2.45, 2.75) is 26.0 Å². The van der Waals surface area contributed by atoms with Gasteiger partial charge in [0.1, 0.15) is 11.6 Å². The fourth-order valence-electron chi connectivity index (χ4n) is 2.18. The zero-order chi connectivity index (χ0) is 14.5. The van der Waals surface area contributed by atoms with Crippen molar-refractivity contribution >= 4 is 0 Å².